The zero-order chi connectivity index (χ0) is 19.4. The summed E-state index contributed by atoms with van der Waals surface area (Å²) in [6, 6.07) is 6.51. The van der Waals surface area contributed by atoms with Gasteiger partial charge in [0.05, 0.1) is 22.1 Å². The molecular formula is C19H18N3O5-. The van der Waals surface area contributed by atoms with Crippen LogP contribution >= 0.6 is 0 Å². The lowest BCUT2D eigenvalue weighted by atomic mass is 9.99. The van der Waals surface area contributed by atoms with Crippen LogP contribution in [0.15, 0.2) is 47.2 Å². The topological polar surface area (TPSA) is 121 Å². The number of hydrogen-bond donors (Lipinski definition) is 1. The van der Waals surface area contributed by atoms with E-state index in [9.17, 15) is 20.0 Å². The van der Waals surface area contributed by atoms with Crippen molar-refractivity contribution in [2.75, 3.05) is 0 Å². The van der Waals surface area contributed by atoms with Gasteiger partial charge in [-0.25, -0.2) is 0 Å². The van der Waals surface area contributed by atoms with Crippen molar-refractivity contribution < 1.29 is 19.2 Å². The van der Waals surface area contributed by atoms with Gasteiger partial charge >= 0.3 is 0 Å². The molecule has 0 saturated carbocycles. The van der Waals surface area contributed by atoms with Gasteiger partial charge in [0.25, 0.3) is 5.69 Å². The number of hydrogen-bond acceptors (Lipinski definition) is 6. The summed E-state index contributed by atoms with van der Waals surface area (Å²) < 4.78 is 5.38. The average Bonchev–Trinajstić information content (AvgIpc) is 3.19. The number of unbranched alkanes of at least 4 members (excludes halogenated alkanes) is 1. The molecule has 0 fully saturated rings. The maximum atomic E-state index is 13.0. The van der Waals surface area contributed by atoms with E-state index in [0.29, 0.717) is 12.2 Å². The number of pyridine rings is 1. The van der Waals surface area contributed by atoms with Crippen molar-refractivity contribution in [2.24, 2.45) is 0 Å². The molecule has 2 aromatic heterocycles. The van der Waals surface area contributed by atoms with Crippen LogP contribution in [0, 0.1) is 10.1 Å². The molecule has 1 atom stereocenters. The number of non-ortho nitro benzene ring substituents is 1. The lowest BCUT2D eigenvalue weighted by molar-refractivity contribution is -0.383. The van der Waals surface area contributed by atoms with Gasteiger partial charge in [0.1, 0.15) is 11.8 Å². The van der Waals surface area contributed by atoms with Gasteiger partial charge in [0.2, 0.25) is 5.91 Å². The van der Waals surface area contributed by atoms with Gasteiger partial charge in [0.15, 0.2) is 0 Å². The number of nitro groups is 1. The standard InChI is InChI=1S/C19H19N3O5/c1-2-3-8-16(23)21-17(15-7-5-10-27-15)13-11-14(22(25)26)12-6-4-9-20-18(12)19(13)24/h4-7,9-11,17,24H,2-3,8H2,1H3,(H,21,23)/p-1/t17-/m0/s1. The van der Waals surface area contributed by atoms with E-state index in [2.05, 4.69) is 10.3 Å². The number of benzene rings is 1. The Morgan fingerprint density at radius 2 is 2.19 bits per heavy atom. The van der Waals surface area contributed by atoms with Crippen molar-refractivity contribution in [1.82, 2.24) is 10.3 Å². The normalized spacial score (nSPS) is 12.0. The van der Waals surface area contributed by atoms with Crippen LogP contribution in [0.1, 0.15) is 43.6 Å². The van der Waals surface area contributed by atoms with E-state index in [4.69, 9.17) is 4.42 Å². The molecule has 1 aromatic carbocycles. The van der Waals surface area contributed by atoms with Crippen molar-refractivity contribution in [3.8, 4) is 5.75 Å². The predicted octanol–water partition coefficient (Wildman–Crippen LogP) is 3.21. The number of carbonyl (C=O) groups is 1. The summed E-state index contributed by atoms with van der Waals surface area (Å²) in [5.74, 6) is -0.420. The highest BCUT2D eigenvalue weighted by Crippen LogP contribution is 2.38. The van der Waals surface area contributed by atoms with Gasteiger partial charge in [-0.1, -0.05) is 19.1 Å². The molecular weight excluding hydrogens is 350 g/mol. The number of aromatic nitrogens is 1. The highest BCUT2D eigenvalue weighted by molar-refractivity contribution is 5.93. The number of nitro benzene ring substituents is 1. The second-order valence-corrected chi connectivity index (χ2v) is 6.09. The first-order valence-corrected chi connectivity index (χ1v) is 8.58. The lowest BCUT2D eigenvalue weighted by Crippen LogP contribution is -2.29. The maximum absolute atomic E-state index is 13.0. The van der Waals surface area contributed by atoms with E-state index in [1.807, 2.05) is 6.92 Å². The second-order valence-electron chi connectivity index (χ2n) is 6.09. The summed E-state index contributed by atoms with van der Waals surface area (Å²) in [7, 11) is 0. The fourth-order valence-electron chi connectivity index (χ4n) is 2.91. The third-order valence-corrected chi connectivity index (χ3v) is 4.25. The molecule has 3 rings (SSSR count). The van der Waals surface area contributed by atoms with Crippen molar-refractivity contribution in [3.05, 3.63) is 64.2 Å². The average molecular weight is 368 g/mol. The van der Waals surface area contributed by atoms with Crippen LogP contribution in [0.5, 0.6) is 5.75 Å². The van der Waals surface area contributed by atoms with Crippen LogP contribution in [0.3, 0.4) is 0 Å². The Morgan fingerprint density at radius 1 is 1.37 bits per heavy atom. The molecule has 1 amide bonds. The minimum atomic E-state index is -0.929. The monoisotopic (exact) mass is 368 g/mol. The lowest BCUT2D eigenvalue weighted by Gasteiger charge is -2.23. The molecule has 3 aromatic rings. The number of fused-ring (bicyclic) bond motifs is 1. The number of rotatable bonds is 7. The number of nitrogens with zero attached hydrogens (tertiary/aromatic N) is 2. The van der Waals surface area contributed by atoms with E-state index < -0.39 is 16.7 Å². The van der Waals surface area contributed by atoms with Crippen molar-refractivity contribution in [2.45, 2.75) is 32.2 Å². The van der Waals surface area contributed by atoms with E-state index in [-0.39, 0.29) is 34.5 Å². The maximum Gasteiger partial charge on any atom is 0.279 e. The third kappa shape index (κ3) is 3.74. The van der Waals surface area contributed by atoms with Gasteiger partial charge in [-0.15, -0.1) is 0 Å². The van der Waals surface area contributed by atoms with Gasteiger partial charge < -0.3 is 14.8 Å². The summed E-state index contributed by atoms with van der Waals surface area (Å²) in [6.07, 6.45) is 4.64. The Bertz CT molecular complexity index is 969. The molecule has 1 N–H and O–H groups in total. The van der Waals surface area contributed by atoms with Crippen LogP contribution < -0.4 is 10.4 Å². The molecule has 0 aliphatic rings. The molecule has 27 heavy (non-hydrogen) atoms. The Labute approximate surface area is 155 Å². The van der Waals surface area contributed by atoms with Gasteiger partial charge in [0, 0.05) is 18.7 Å². The first kappa shape index (κ1) is 18.4. The Kier molecular flexibility index (Phi) is 5.35. The summed E-state index contributed by atoms with van der Waals surface area (Å²) >= 11 is 0. The van der Waals surface area contributed by atoms with Crippen molar-refractivity contribution in [1.29, 1.82) is 0 Å². The van der Waals surface area contributed by atoms with Crippen LogP contribution in [-0.2, 0) is 4.79 Å². The van der Waals surface area contributed by atoms with E-state index in [1.165, 1.54) is 30.7 Å². The molecule has 0 bridgehead atoms. The van der Waals surface area contributed by atoms with Crippen LogP contribution in [-0.4, -0.2) is 15.8 Å². The minimum Gasteiger partial charge on any atom is -0.871 e. The Morgan fingerprint density at radius 3 is 2.85 bits per heavy atom. The molecule has 0 aliphatic carbocycles. The van der Waals surface area contributed by atoms with E-state index >= 15 is 0 Å². The Hall–Kier alpha value is -3.42. The van der Waals surface area contributed by atoms with Gasteiger partial charge in [-0.05, 0) is 36.2 Å². The van der Waals surface area contributed by atoms with Gasteiger partial charge in [-0.3, -0.25) is 19.9 Å². The molecule has 0 unspecified atom stereocenters. The summed E-state index contributed by atoms with van der Waals surface area (Å²) in [5, 5.41) is 27.4. The Balaban J connectivity index is 2.14. The molecule has 140 valence electrons. The number of furan rings is 1. The highest BCUT2D eigenvalue weighted by atomic mass is 16.6. The van der Waals surface area contributed by atoms with E-state index in [1.54, 1.807) is 12.1 Å². The molecule has 0 saturated heterocycles. The van der Waals surface area contributed by atoms with Crippen molar-refractivity contribution >= 4 is 22.5 Å². The third-order valence-electron chi connectivity index (χ3n) is 4.25. The number of carbonyl (C=O) groups excluding carboxylic acids is 1. The van der Waals surface area contributed by atoms with Crippen LogP contribution in [0.25, 0.3) is 10.9 Å². The zero-order valence-electron chi connectivity index (χ0n) is 14.7. The quantitative estimate of drug-likeness (QED) is 0.505. The smallest absolute Gasteiger partial charge is 0.279 e. The van der Waals surface area contributed by atoms with Gasteiger partial charge in [-0.2, -0.15) is 0 Å². The molecule has 0 spiro atoms. The molecule has 8 nitrogen and oxygen atoms in total. The van der Waals surface area contributed by atoms with Crippen molar-refractivity contribution in [3.63, 3.8) is 0 Å². The fourth-order valence-corrected chi connectivity index (χ4v) is 2.91. The zero-order valence-corrected chi connectivity index (χ0v) is 14.7. The minimum absolute atomic E-state index is 0.0129. The predicted molar refractivity (Wildman–Crippen MR) is 96.1 cm³/mol. The first-order valence-electron chi connectivity index (χ1n) is 8.58. The summed E-state index contributed by atoms with van der Waals surface area (Å²) in [5.41, 5.74) is -0.208. The van der Waals surface area contributed by atoms with Crippen LogP contribution in [0.4, 0.5) is 5.69 Å². The first-order chi connectivity index (χ1) is 13.0. The highest BCUT2D eigenvalue weighted by Gasteiger charge is 2.25. The number of amides is 1. The fraction of sp³-hybridized carbons (Fsp3) is 0.263. The largest absolute Gasteiger partial charge is 0.871 e. The summed E-state index contributed by atoms with van der Waals surface area (Å²) in [6.45, 7) is 1.96. The second kappa shape index (κ2) is 7.86. The van der Waals surface area contributed by atoms with E-state index in [0.717, 1.165) is 6.42 Å². The summed E-state index contributed by atoms with van der Waals surface area (Å²) in [4.78, 5) is 27.2. The number of nitrogens with one attached hydrogen (secondary N) is 1. The van der Waals surface area contributed by atoms with Crippen LogP contribution in [0.2, 0.25) is 0 Å². The molecule has 2 heterocycles. The SMILES string of the molecule is CCCCC(=O)N[C@H](c1ccco1)c1cc([N+](=O)[O-])c2cccnc2c1[O-]. The molecule has 8 heteroatoms. The molecule has 0 aliphatic heterocycles. The molecule has 0 radical (unpaired) electrons.